The summed E-state index contributed by atoms with van der Waals surface area (Å²) in [4.78, 5) is 19.7. The number of carbonyl (C=O) groups is 1. The summed E-state index contributed by atoms with van der Waals surface area (Å²) in [5.74, 6) is 0.296. The highest BCUT2D eigenvalue weighted by atomic mass is 79.9. The summed E-state index contributed by atoms with van der Waals surface area (Å²) in [6.45, 7) is 5.36. The second-order valence-corrected chi connectivity index (χ2v) is 5.36. The number of nitrogens with one attached hydrogen (secondary N) is 1. The van der Waals surface area contributed by atoms with Gasteiger partial charge in [-0.25, -0.2) is 19.3 Å². The summed E-state index contributed by atoms with van der Waals surface area (Å²) < 4.78 is 7.30. The number of rotatable bonds is 1. The topological polar surface area (TPSA) is 81.4 Å². The van der Waals surface area contributed by atoms with Gasteiger partial charge in [0.15, 0.2) is 11.5 Å². The first kappa shape index (κ1) is 12.7. The Hall–Kier alpha value is -1.70. The van der Waals surface area contributed by atoms with Crippen LogP contribution in [0.3, 0.4) is 0 Å². The van der Waals surface area contributed by atoms with Crippen LogP contribution in [0.4, 0.5) is 10.6 Å². The van der Waals surface area contributed by atoms with E-state index in [1.165, 1.54) is 17.0 Å². The van der Waals surface area contributed by atoms with Gasteiger partial charge in [-0.3, -0.25) is 5.32 Å². The van der Waals surface area contributed by atoms with Crippen molar-refractivity contribution in [2.45, 2.75) is 26.4 Å². The van der Waals surface area contributed by atoms with Crippen molar-refractivity contribution in [3.63, 3.8) is 0 Å². The number of hydrogen-bond donors (Lipinski definition) is 1. The lowest BCUT2D eigenvalue weighted by Crippen LogP contribution is -2.27. The number of anilines is 1. The van der Waals surface area contributed by atoms with E-state index in [0.29, 0.717) is 16.1 Å². The Bertz CT molecular complexity index is 589. The number of aromatic nitrogens is 4. The monoisotopic (exact) mass is 313 g/mol. The molecule has 0 bridgehead atoms. The minimum atomic E-state index is -0.581. The highest BCUT2D eigenvalue weighted by Crippen LogP contribution is 2.17. The molecule has 2 rings (SSSR count). The van der Waals surface area contributed by atoms with Crippen molar-refractivity contribution >= 4 is 33.5 Å². The van der Waals surface area contributed by atoms with Crippen LogP contribution in [0.5, 0.6) is 0 Å². The van der Waals surface area contributed by atoms with Gasteiger partial charge in [0, 0.05) is 0 Å². The van der Waals surface area contributed by atoms with E-state index in [0.717, 1.165) is 0 Å². The van der Waals surface area contributed by atoms with E-state index in [2.05, 4.69) is 36.3 Å². The van der Waals surface area contributed by atoms with Crippen LogP contribution in [0, 0.1) is 0 Å². The molecule has 0 aliphatic heterocycles. The van der Waals surface area contributed by atoms with Crippen LogP contribution < -0.4 is 5.32 Å². The van der Waals surface area contributed by atoms with Crippen molar-refractivity contribution in [1.82, 2.24) is 19.6 Å². The van der Waals surface area contributed by atoms with E-state index in [1.54, 1.807) is 20.8 Å². The summed E-state index contributed by atoms with van der Waals surface area (Å²) in [5.41, 5.74) is -0.126. The van der Waals surface area contributed by atoms with Gasteiger partial charge < -0.3 is 4.74 Å². The molecule has 0 aliphatic rings. The maximum absolute atomic E-state index is 11.6. The Morgan fingerprint density at radius 3 is 2.83 bits per heavy atom. The molecular formula is C10H12BrN5O2. The van der Waals surface area contributed by atoms with E-state index in [-0.39, 0.29) is 0 Å². The van der Waals surface area contributed by atoms with Crippen LogP contribution in [0.15, 0.2) is 17.1 Å². The van der Waals surface area contributed by atoms with E-state index in [1.807, 2.05) is 0 Å². The lowest BCUT2D eigenvalue weighted by Gasteiger charge is -2.19. The number of hydrogen-bond acceptors (Lipinski definition) is 5. The maximum Gasteiger partial charge on any atom is 0.413 e. The van der Waals surface area contributed by atoms with Gasteiger partial charge in [-0.2, -0.15) is 5.10 Å². The van der Waals surface area contributed by atoms with E-state index >= 15 is 0 Å². The van der Waals surface area contributed by atoms with Gasteiger partial charge in [0.25, 0.3) is 0 Å². The molecule has 8 heteroatoms. The standard InChI is InChI=1S/C10H12BrN5O2/c1-10(2,3)18-9(17)15-7-8-13-5-14-16(8)6(11)4-12-7/h4-5H,1-3H3,(H,12,15,17). The molecule has 0 aliphatic carbocycles. The SMILES string of the molecule is CC(C)(C)OC(=O)Nc1ncc(Br)n2ncnc12. The second kappa shape index (κ2) is 4.52. The molecule has 0 unspecified atom stereocenters. The fourth-order valence-corrected chi connectivity index (χ4v) is 1.64. The predicted molar refractivity (Wildman–Crippen MR) is 68.3 cm³/mol. The molecular weight excluding hydrogens is 302 g/mol. The molecule has 96 valence electrons. The van der Waals surface area contributed by atoms with E-state index in [4.69, 9.17) is 4.74 Å². The van der Waals surface area contributed by atoms with Crippen molar-refractivity contribution in [1.29, 1.82) is 0 Å². The summed E-state index contributed by atoms with van der Waals surface area (Å²) >= 11 is 3.28. The lowest BCUT2D eigenvalue weighted by molar-refractivity contribution is 0.0635. The minimum Gasteiger partial charge on any atom is -0.444 e. The van der Waals surface area contributed by atoms with Crippen LogP contribution in [0.2, 0.25) is 0 Å². The van der Waals surface area contributed by atoms with Crippen LogP contribution in [-0.2, 0) is 4.74 Å². The highest BCUT2D eigenvalue weighted by Gasteiger charge is 2.18. The van der Waals surface area contributed by atoms with Crippen LogP contribution >= 0.6 is 15.9 Å². The molecule has 0 saturated carbocycles. The summed E-state index contributed by atoms with van der Waals surface area (Å²) in [6, 6.07) is 0. The zero-order chi connectivity index (χ0) is 13.3. The molecule has 7 nitrogen and oxygen atoms in total. The van der Waals surface area contributed by atoms with Crippen molar-refractivity contribution < 1.29 is 9.53 Å². The number of ether oxygens (including phenoxy) is 1. The fraction of sp³-hybridized carbons (Fsp3) is 0.400. The Morgan fingerprint density at radius 1 is 1.44 bits per heavy atom. The first-order chi connectivity index (χ1) is 8.37. The van der Waals surface area contributed by atoms with Gasteiger partial charge in [0.05, 0.1) is 6.20 Å². The van der Waals surface area contributed by atoms with Crippen molar-refractivity contribution in [3.05, 3.63) is 17.1 Å². The fourth-order valence-electron chi connectivity index (χ4n) is 1.28. The molecule has 1 N–H and O–H groups in total. The van der Waals surface area contributed by atoms with E-state index < -0.39 is 11.7 Å². The van der Waals surface area contributed by atoms with Crippen molar-refractivity contribution in [2.75, 3.05) is 5.32 Å². The third-order valence-electron chi connectivity index (χ3n) is 1.88. The largest absolute Gasteiger partial charge is 0.444 e. The van der Waals surface area contributed by atoms with Gasteiger partial charge in [0.1, 0.15) is 16.5 Å². The third kappa shape index (κ3) is 2.76. The average molecular weight is 314 g/mol. The van der Waals surface area contributed by atoms with Crippen molar-refractivity contribution in [3.8, 4) is 0 Å². The number of nitrogens with zero attached hydrogens (tertiary/aromatic N) is 4. The first-order valence-corrected chi connectivity index (χ1v) is 6.00. The van der Waals surface area contributed by atoms with Crippen LogP contribution in [-0.4, -0.2) is 31.3 Å². The summed E-state index contributed by atoms with van der Waals surface area (Å²) in [7, 11) is 0. The Morgan fingerprint density at radius 2 is 2.17 bits per heavy atom. The van der Waals surface area contributed by atoms with Gasteiger partial charge >= 0.3 is 6.09 Å². The summed E-state index contributed by atoms with van der Waals surface area (Å²) in [5, 5.41) is 6.53. The van der Waals surface area contributed by atoms with Gasteiger partial charge in [0.2, 0.25) is 0 Å². The van der Waals surface area contributed by atoms with Crippen LogP contribution in [0.25, 0.3) is 5.65 Å². The third-order valence-corrected chi connectivity index (χ3v) is 2.42. The van der Waals surface area contributed by atoms with Crippen LogP contribution in [0.1, 0.15) is 20.8 Å². The number of carbonyl (C=O) groups excluding carboxylic acids is 1. The van der Waals surface area contributed by atoms with Gasteiger partial charge in [-0.15, -0.1) is 0 Å². The number of fused-ring (bicyclic) bond motifs is 1. The maximum atomic E-state index is 11.6. The molecule has 2 aromatic rings. The zero-order valence-electron chi connectivity index (χ0n) is 10.1. The molecule has 0 radical (unpaired) electrons. The lowest BCUT2D eigenvalue weighted by atomic mass is 10.2. The number of amides is 1. The molecule has 0 saturated heterocycles. The van der Waals surface area contributed by atoms with Crippen molar-refractivity contribution in [2.24, 2.45) is 0 Å². The smallest absolute Gasteiger partial charge is 0.413 e. The Kier molecular flexibility index (Phi) is 3.20. The minimum absolute atomic E-state index is 0.296. The molecule has 2 aromatic heterocycles. The second-order valence-electron chi connectivity index (χ2n) is 4.55. The highest BCUT2D eigenvalue weighted by molar-refractivity contribution is 9.10. The molecule has 18 heavy (non-hydrogen) atoms. The van der Waals surface area contributed by atoms with E-state index in [9.17, 15) is 4.79 Å². The molecule has 1 amide bonds. The molecule has 0 atom stereocenters. The number of halogens is 1. The van der Waals surface area contributed by atoms with Gasteiger partial charge in [-0.05, 0) is 36.7 Å². The Balaban J connectivity index is 2.25. The summed E-state index contributed by atoms with van der Waals surface area (Å²) in [6.07, 6.45) is 2.32. The molecule has 2 heterocycles. The molecule has 0 spiro atoms. The molecule has 0 fully saturated rings. The predicted octanol–water partition coefficient (Wildman–Crippen LogP) is 2.23. The Labute approximate surface area is 112 Å². The quantitative estimate of drug-likeness (QED) is 0.873. The molecule has 0 aromatic carbocycles. The zero-order valence-corrected chi connectivity index (χ0v) is 11.7. The average Bonchev–Trinajstić information content (AvgIpc) is 2.69. The van der Waals surface area contributed by atoms with Gasteiger partial charge in [-0.1, -0.05) is 0 Å². The first-order valence-electron chi connectivity index (χ1n) is 5.21. The normalized spacial score (nSPS) is 11.6.